The number of carbonyl (C=O) groups is 1. The first kappa shape index (κ1) is 17.7. The number of carbonyl (C=O) groups excluding carboxylic acids is 1. The molecule has 0 saturated heterocycles. The average molecular weight is 372 g/mol. The molecule has 0 bridgehead atoms. The summed E-state index contributed by atoms with van der Waals surface area (Å²) >= 11 is 0. The van der Waals surface area contributed by atoms with Crippen LogP contribution < -0.4 is 0 Å². The van der Waals surface area contributed by atoms with Gasteiger partial charge < -0.3 is 13.9 Å². The molecule has 0 spiro atoms. The van der Waals surface area contributed by atoms with Crippen molar-refractivity contribution in [3.8, 4) is 0 Å². The Morgan fingerprint density at radius 3 is 1.75 bits per heavy atom. The third kappa shape index (κ3) is 4.54. The fourth-order valence-corrected chi connectivity index (χ4v) is 2.90. The fraction of sp³-hybridized carbons (Fsp3) is 0.136. The number of hydrogen-bond acceptors (Lipinski definition) is 4. The molecule has 0 radical (unpaired) electrons. The topological polar surface area (TPSA) is 61.9 Å². The minimum Gasteiger partial charge on any atom is -0.457 e. The van der Waals surface area contributed by atoms with E-state index < -0.39 is 0 Å². The van der Waals surface area contributed by atoms with Crippen molar-refractivity contribution in [2.24, 2.45) is 0 Å². The monoisotopic (exact) mass is 372 g/mol. The maximum atomic E-state index is 12.3. The summed E-state index contributed by atoms with van der Waals surface area (Å²) in [4.78, 5) is 20.3. The van der Waals surface area contributed by atoms with E-state index in [-0.39, 0.29) is 12.6 Å². The normalized spacial score (nSPS) is 10.7. The van der Waals surface area contributed by atoms with E-state index in [0.717, 1.165) is 24.2 Å². The molecule has 4 aromatic rings. The van der Waals surface area contributed by atoms with E-state index >= 15 is 0 Å². The van der Waals surface area contributed by atoms with Crippen molar-refractivity contribution < 1.29 is 9.53 Å². The van der Waals surface area contributed by atoms with Crippen LogP contribution in [0.5, 0.6) is 0 Å². The highest BCUT2D eigenvalue weighted by Gasteiger charge is 2.08. The van der Waals surface area contributed by atoms with Gasteiger partial charge >= 0.3 is 5.97 Å². The highest BCUT2D eigenvalue weighted by atomic mass is 16.5. The van der Waals surface area contributed by atoms with Crippen LogP contribution in [-0.2, 0) is 24.4 Å². The minimum absolute atomic E-state index is 0.251. The van der Waals surface area contributed by atoms with Crippen molar-refractivity contribution in [1.29, 1.82) is 0 Å². The van der Waals surface area contributed by atoms with E-state index in [4.69, 9.17) is 4.74 Å². The summed E-state index contributed by atoms with van der Waals surface area (Å²) in [7, 11) is 0. The Labute approximate surface area is 163 Å². The van der Waals surface area contributed by atoms with Gasteiger partial charge in [-0.25, -0.2) is 14.8 Å². The Morgan fingerprint density at radius 2 is 1.25 bits per heavy atom. The van der Waals surface area contributed by atoms with Gasteiger partial charge in [-0.05, 0) is 28.8 Å². The van der Waals surface area contributed by atoms with Gasteiger partial charge in [0.1, 0.15) is 6.61 Å². The number of esters is 1. The fourth-order valence-electron chi connectivity index (χ4n) is 2.90. The summed E-state index contributed by atoms with van der Waals surface area (Å²) in [5.74, 6) is -0.323. The number of imidazole rings is 2. The smallest absolute Gasteiger partial charge is 0.338 e. The first-order chi connectivity index (χ1) is 13.8. The van der Waals surface area contributed by atoms with Crippen molar-refractivity contribution in [3.05, 3.63) is 108 Å². The molecule has 0 aliphatic rings. The summed E-state index contributed by atoms with van der Waals surface area (Å²) in [6.45, 7) is 1.74. The Hall–Kier alpha value is -3.67. The Bertz CT molecular complexity index is 1010. The van der Waals surface area contributed by atoms with Gasteiger partial charge in [-0.2, -0.15) is 0 Å². The van der Waals surface area contributed by atoms with Gasteiger partial charge in [0, 0.05) is 37.9 Å². The molecule has 2 heterocycles. The van der Waals surface area contributed by atoms with E-state index in [1.807, 2.05) is 57.9 Å². The standard InChI is InChI=1S/C22H20N4O2/c27-22(21-7-5-19(6-8-21)14-26-12-10-24-17-26)28-15-20-3-1-18(2-4-20)13-25-11-9-23-16-25/h1-12,16-17H,13-15H2. The molecule has 0 saturated carbocycles. The van der Waals surface area contributed by atoms with Crippen LogP contribution in [0.25, 0.3) is 0 Å². The predicted molar refractivity (Wildman–Crippen MR) is 105 cm³/mol. The zero-order valence-electron chi connectivity index (χ0n) is 15.3. The summed E-state index contributed by atoms with van der Waals surface area (Å²) in [5, 5.41) is 0. The molecule has 6 nitrogen and oxygen atoms in total. The van der Waals surface area contributed by atoms with E-state index in [0.29, 0.717) is 5.56 Å². The molecule has 28 heavy (non-hydrogen) atoms. The number of aromatic nitrogens is 4. The summed E-state index contributed by atoms with van der Waals surface area (Å²) < 4.78 is 9.42. The number of rotatable bonds is 7. The van der Waals surface area contributed by atoms with Crippen LogP contribution in [0, 0.1) is 0 Å². The highest BCUT2D eigenvalue weighted by molar-refractivity contribution is 5.89. The van der Waals surface area contributed by atoms with Gasteiger partial charge in [0.25, 0.3) is 0 Å². The van der Waals surface area contributed by atoms with Gasteiger partial charge in [0.2, 0.25) is 0 Å². The van der Waals surface area contributed by atoms with Gasteiger partial charge in [-0.3, -0.25) is 0 Å². The first-order valence-corrected chi connectivity index (χ1v) is 9.02. The van der Waals surface area contributed by atoms with Crippen molar-refractivity contribution >= 4 is 5.97 Å². The molecule has 0 atom stereocenters. The highest BCUT2D eigenvalue weighted by Crippen LogP contribution is 2.11. The zero-order valence-corrected chi connectivity index (χ0v) is 15.3. The maximum Gasteiger partial charge on any atom is 0.338 e. The lowest BCUT2D eigenvalue weighted by Gasteiger charge is -2.08. The molecule has 2 aromatic heterocycles. The van der Waals surface area contributed by atoms with Crippen LogP contribution in [0.1, 0.15) is 27.0 Å². The molecule has 0 aliphatic carbocycles. The van der Waals surface area contributed by atoms with Gasteiger partial charge in [-0.15, -0.1) is 0 Å². The van der Waals surface area contributed by atoms with Crippen LogP contribution in [0.3, 0.4) is 0 Å². The second-order valence-electron chi connectivity index (χ2n) is 6.56. The molecule has 140 valence electrons. The van der Waals surface area contributed by atoms with E-state index in [1.54, 1.807) is 37.2 Å². The van der Waals surface area contributed by atoms with Crippen LogP contribution in [-0.4, -0.2) is 25.1 Å². The molecule has 0 amide bonds. The van der Waals surface area contributed by atoms with Crippen LogP contribution >= 0.6 is 0 Å². The van der Waals surface area contributed by atoms with E-state index in [2.05, 4.69) is 9.97 Å². The molecule has 2 aromatic carbocycles. The molecule has 0 aliphatic heterocycles. The summed E-state index contributed by atoms with van der Waals surface area (Å²) in [6, 6.07) is 15.5. The Morgan fingerprint density at radius 1 is 0.750 bits per heavy atom. The Balaban J connectivity index is 1.30. The zero-order chi connectivity index (χ0) is 19.2. The second-order valence-corrected chi connectivity index (χ2v) is 6.56. The van der Waals surface area contributed by atoms with E-state index in [9.17, 15) is 4.79 Å². The first-order valence-electron chi connectivity index (χ1n) is 9.02. The van der Waals surface area contributed by atoms with Gasteiger partial charge in [0.05, 0.1) is 18.2 Å². The van der Waals surface area contributed by atoms with Crippen molar-refractivity contribution in [2.75, 3.05) is 0 Å². The molecular formula is C22H20N4O2. The molecule has 4 rings (SSSR count). The van der Waals surface area contributed by atoms with Crippen LogP contribution in [0.15, 0.2) is 86.0 Å². The average Bonchev–Trinajstić information content (AvgIpc) is 3.42. The molecule has 0 fully saturated rings. The predicted octanol–water partition coefficient (Wildman–Crippen LogP) is 3.53. The largest absolute Gasteiger partial charge is 0.457 e. The lowest BCUT2D eigenvalue weighted by atomic mass is 10.1. The van der Waals surface area contributed by atoms with E-state index in [1.165, 1.54) is 5.56 Å². The van der Waals surface area contributed by atoms with Gasteiger partial charge in [0.15, 0.2) is 0 Å². The molecule has 0 N–H and O–H groups in total. The molecule has 0 unspecified atom stereocenters. The quantitative estimate of drug-likeness (QED) is 0.466. The second kappa shape index (κ2) is 8.35. The third-order valence-corrected chi connectivity index (χ3v) is 4.43. The van der Waals surface area contributed by atoms with Crippen molar-refractivity contribution in [1.82, 2.24) is 19.1 Å². The summed E-state index contributed by atoms with van der Waals surface area (Å²) in [6.07, 6.45) is 10.9. The lowest BCUT2D eigenvalue weighted by Crippen LogP contribution is -2.06. The summed E-state index contributed by atoms with van der Waals surface area (Å²) in [5.41, 5.74) is 3.77. The van der Waals surface area contributed by atoms with Crippen LogP contribution in [0.2, 0.25) is 0 Å². The minimum atomic E-state index is -0.323. The lowest BCUT2D eigenvalue weighted by molar-refractivity contribution is 0.0472. The number of benzene rings is 2. The Kier molecular flexibility index (Phi) is 5.29. The number of ether oxygens (including phenoxy) is 1. The SMILES string of the molecule is O=C(OCc1ccc(Cn2ccnc2)cc1)c1ccc(Cn2ccnc2)cc1. The molecule has 6 heteroatoms. The number of hydrogen-bond donors (Lipinski definition) is 0. The number of nitrogens with zero attached hydrogens (tertiary/aromatic N) is 4. The van der Waals surface area contributed by atoms with Crippen molar-refractivity contribution in [2.45, 2.75) is 19.7 Å². The van der Waals surface area contributed by atoms with Crippen molar-refractivity contribution in [3.63, 3.8) is 0 Å². The maximum absolute atomic E-state index is 12.3. The molecular weight excluding hydrogens is 352 g/mol. The van der Waals surface area contributed by atoms with Crippen LogP contribution in [0.4, 0.5) is 0 Å². The third-order valence-electron chi connectivity index (χ3n) is 4.43. The van der Waals surface area contributed by atoms with Gasteiger partial charge in [-0.1, -0.05) is 36.4 Å².